The molecule has 0 fully saturated rings. The summed E-state index contributed by atoms with van der Waals surface area (Å²) in [5, 5.41) is 2.92. The quantitative estimate of drug-likeness (QED) is 0.589. The van der Waals surface area contributed by atoms with Gasteiger partial charge in [0.1, 0.15) is 23.4 Å². The van der Waals surface area contributed by atoms with Crippen molar-refractivity contribution in [1.29, 1.82) is 0 Å². The lowest BCUT2D eigenvalue weighted by atomic mass is 10.1. The molecule has 0 aliphatic rings. The summed E-state index contributed by atoms with van der Waals surface area (Å²) < 4.78 is 23.8. The topological polar surface area (TPSA) is 67.9 Å². The predicted octanol–water partition coefficient (Wildman–Crippen LogP) is 3.79. The van der Waals surface area contributed by atoms with Crippen molar-refractivity contribution in [3.8, 4) is 11.5 Å². The maximum absolute atomic E-state index is 13.1. The first-order chi connectivity index (χ1) is 14.8. The summed E-state index contributed by atoms with van der Waals surface area (Å²) in [5.41, 5.74) is 0.867. The molecule has 0 heterocycles. The summed E-state index contributed by atoms with van der Waals surface area (Å²) in [5.74, 6) is 0.493. The number of methoxy groups -OCH3 is 1. The second-order valence-corrected chi connectivity index (χ2v) is 7.68. The van der Waals surface area contributed by atoms with Crippen LogP contribution in [0.4, 0.5) is 4.39 Å². The van der Waals surface area contributed by atoms with Gasteiger partial charge in [0, 0.05) is 13.1 Å². The second-order valence-electron chi connectivity index (χ2n) is 7.68. The molecule has 2 amide bonds. The molecule has 0 spiro atoms. The summed E-state index contributed by atoms with van der Waals surface area (Å²) in [6.07, 6.45) is 0.461. The smallest absolute Gasteiger partial charge is 0.261 e. The van der Waals surface area contributed by atoms with E-state index in [1.54, 1.807) is 7.11 Å². The third-order valence-corrected chi connectivity index (χ3v) is 4.76. The van der Waals surface area contributed by atoms with Crippen molar-refractivity contribution >= 4 is 11.8 Å². The molecule has 2 aromatic rings. The van der Waals surface area contributed by atoms with Crippen molar-refractivity contribution in [2.75, 3.05) is 20.3 Å². The van der Waals surface area contributed by atoms with Gasteiger partial charge >= 0.3 is 0 Å². The molecule has 0 aliphatic carbocycles. The monoisotopic (exact) mass is 430 g/mol. The van der Waals surface area contributed by atoms with E-state index in [-0.39, 0.29) is 30.8 Å². The molecule has 0 saturated heterocycles. The zero-order valence-electron chi connectivity index (χ0n) is 18.6. The highest BCUT2D eigenvalue weighted by Crippen LogP contribution is 2.17. The van der Waals surface area contributed by atoms with Crippen LogP contribution in [0.2, 0.25) is 0 Å². The fourth-order valence-electron chi connectivity index (χ4n) is 3.03. The van der Waals surface area contributed by atoms with Crippen LogP contribution >= 0.6 is 0 Å². The Kier molecular flexibility index (Phi) is 9.31. The van der Waals surface area contributed by atoms with Crippen LogP contribution in [0.1, 0.15) is 32.8 Å². The Balaban J connectivity index is 2.18. The third kappa shape index (κ3) is 7.59. The molecular weight excluding hydrogens is 399 g/mol. The van der Waals surface area contributed by atoms with E-state index in [4.69, 9.17) is 9.47 Å². The molecular formula is C24H31FN2O4. The number of rotatable bonds is 11. The van der Waals surface area contributed by atoms with Gasteiger partial charge in [-0.25, -0.2) is 4.39 Å². The average molecular weight is 431 g/mol. The zero-order chi connectivity index (χ0) is 22.8. The lowest BCUT2D eigenvalue weighted by Gasteiger charge is -2.30. The van der Waals surface area contributed by atoms with Crippen LogP contribution in [-0.2, 0) is 16.1 Å². The van der Waals surface area contributed by atoms with Crippen LogP contribution in [-0.4, -0.2) is 43.0 Å². The van der Waals surface area contributed by atoms with E-state index in [0.29, 0.717) is 30.4 Å². The fraction of sp³-hybridized carbons (Fsp3) is 0.417. The van der Waals surface area contributed by atoms with E-state index >= 15 is 0 Å². The van der Waals surface area contributed by atoms with Gasteiger partial charge < -0.3 is 19.7 Å². The highest BCUT2D eigenvalue weighted by atomic mass is 19.1. The van der Waals surface area contributed by atoms with Crippen LogP contribution < -0.4 is 14.8 Å². The lowest BCUT2D eigenvalue weighted by molar-refractivity contribution is -0.143. The summed E-state index contributed by atoms with van der Waals surface area (Å²) >= 11 is 0. The number of amides is 2. The van der Waals surface area contributed by atoms with Gasteiger partial charge in [-0.15, -0.1) is 0 Å². The van der Waals surface area contributed by atoms with Gasteiger partial charge in [-0.1, -0.05) is 32.9 Å². The minimum atomic E-state index is -0.634. The summed E-state index contributed by atoms with van der Waals surface area (Å²) in [6.45, 7) is 6.43. The Hall–Kier alpha value is -3.09. The lowest BCUT2D eigenvalue weighted by Crippen LogP contribution is -2.50. The number of hydrogen-bond donors (Lipinski definition) is 1. The van der Waals surface area contributed by atoms with Gasteiger partial charge in [0.25, 0.3) is 5.91 Å². The Bertz CT molecular complexity index is 838. The van der Waals surface area contributed by atoms with Gasteiger partial charge in [-0.05, 0) is 54.3 Å². The van der Waals surface area contributed by atoms with Crippen LogP contribution in [0.25, 0.3) is 0 Å². The number of ether oxygens (including phenoxy) is 2. The molecule has 1 N–H and O–H groups in total. The van der Waals surface area contributed by atoms with Gasteiger partial charge in [0.15, 0.2) is 6.61 Å². The Morgan fingerprint density at radius 2 is 1.65 bits per heavy atom. The number of carbonyl (C=O) groups excluding carboxylic acids is 2. The van der Waals surface area contributed by atoms with E-state index in [1.807, 2.05) is 45.0 Å². The van der Waals surface area contributed by atoms with E-state index < -0.39 is 6.04 Å². The summed E-state index contributed by atoms with van der Waals surface area (Å²) in [6, 6.07) is 12.2. The molecule has 0 radical (unpaired) electrons. The Morgan fingerprint density at radius 1 is 1.03 bits per heavy atom. The molecule has 2 rings (SSSR count). The van der Waals surface area contributed by atoms with Crippen molar-refractivity contribution in [3.05, 3.63) is 59.9 Å². The highest BCUT2D eigenvalue weighted by molar-refractivity contribution is 5.88. The number of nitrogens with zero attached hydrogens (tertiary/aromatic N) is 1. The molecule has 1 atom stereocenters. The van der Waals surface area contributed by atoms with E-state index in [1.165, 1.54) is 29.2 Å². The number of hydrogen-bond acceptors (Lipinski definition) is 4. The molecule has 0 aliphatic heterocycles. The first-order valence-electron chi connectivity index (χ1n) is 10.4. The normalized spacial score (nSPS) is 11.7. The van der Waals surface area contributed by atoms with Crippen LogP contribution in [0, 0.1) is 11.7 Å². The minimum absolute atomic E-state index is 0.195. The molecule has 6 nitrogen and oxygen atoms in total. The molecule has 2 aromatic carbocycles. The fourth-order valence-corrected chi connectivity index (χ4v) is 3.03. The summed E-state index contributed by atoms with van der Waals surface area (Å²) in [7, 11) is 1.59. The van der Waals surface area contributed by atoms with E-state index in [0.717, 1.165) is 5.56 Å². The largest absolute Gasteiger partial charge is 0.497 e. The van der Waals surface area contributed by atoms with Crippen molar-refractivity contribution in [1.82, 2.24) is 10.2 Å². The Morgan fingerprint density at radius 3 is 2.19 bits per heavy atom. The second kappa shape index (κ2) is 11.9. The summed E-state index contributed by atoms with van der Waals surface area (Å²) in [4.78, 5) is 27.4. The van der Waals surface area contributed by atoms with Crippen LogP contribution in [0.15, 0.2) is 48.5 Å². The SMILES string of the molecule is CCC(C(=O)NCC(C)C)N(Cc1ccc(OC)cc1)C(=O)COc1ccc(F)cc1. The van der Waals surface area contributed by atoms with Gasteiger partial charge in [-0.3, -0.25) is 9.59 Å². The maximum Gasteiger partial charge on any atom is 0.261 e. The minimum Gasteiger partial charge on any atom is -0.497 e. The molecule has 0 saturated carbocycles. The molecule has 31 heavy (non-hydrogen) atoms. The Labute approximate surface area is 183 Å². The van der Waals surface area contributed by atoms with Gasteiger partial charge in [0.05, 0.1) is 7.11 Å². The first kappa shape index (κ1) is 24.2. The van der Waals surface area contributed by atoms with Crippen molar-refractivity contribution in [3.63, 3.8) is 0 Å². The molecule has 168 valence electrons. The predicted molar refractivity (Wildman–Crippen MR) is 117 cm³/mol. The molecule has 0 bridgehead atoms. The van der Waals surface area contributed by atoms with E-state index in [9.17, 15) is 14.0 Å². The maximum atomic E-state index is 13.1. The zero-order valence-corrected chi connectivity index (χ0v) is 18.6. The van der Waals surface area contributed by atoms with Crippen molar-refractivity contribution < 1.29 is 23.5 Å². The third-order valence-electron chi connectivity index (χ3n) is 4.76. The number of carbonyl (C=O) groups is 2. The number of benzene rings is 2. The average Bonchev–Trinajstić information content (AvgIpc) is 2.77. The van der Waals surface area contributed by atoms with Gasteiger partial charge in [-0.2, -0.15) is 0 Å². The molecule has 7 heteroatoms. The highest BCUT2D eigenvalue weighted by Gasteiger charge is 2.29. The van der Waals surface area contributed by atoms with Crippen LogP contribution in [0.3, 0.4) is 0 Å². The molecule has 1 unspecified atom stereocenters. The van der Waals surface area contributed by atoms with Crippen molar-refractivity contribution in [2.24, 2.45) is 5.92 Å². The number of halogens is 1. The first-order valence-corrected chi connectivity index (χ1v) is 10.4. The van der Waals surface area contributed by atoms with Gasteiger partial charge in [0.2, 0.25) is 5.91 Å². The van der Waals surface area contributed by atoms with E-state index in [2.05, 4.69) is 5.32 Å². The van der Waals surface area contributed by atoms with Crippen molar-refractivity contribution in [2.45, 2.75) is 39.8 Å². The molecule has 0 aromatic heterocycles. The standard InChI is InChI=1S/C24H31FN2O4/c1-5-22(24(29)26-14-17(2)3)27(15-18-6-10-20(30-4)11-7-18)23(28)16-31-21-12-8-19(25)9-13-21/h6-13,17,22H,5,14-16H2,1-4H3,(H,26,29). The number of nitrogens with one attached hydrogen (secondary N) is 1. The van der Waals surface area contributed by atoms with Crippen LogP contribution in [0.5, 0.6) is 11.5 Å².